The van der Waals surface area contributed by atoms with Crippen molar-refractivity contribution in [3.8, 4) is 11.4 Å². The van der Waals surface area contributed by atoms with Crippen molar-refractivity contribution in [2.24, 2.45) is 0 Å². The SMILES string of the molecule is Cc1ccc(-n2nc(C(C)(C)C)cc2NC(=O)C(=O)c2ccc(OCCN3CCCOCC3)c3ccccc23)cc1. The van der Waals surface area contributed by atoms with Crippen LogP contribution in [0.4, 0.5) is 5.82 Å². The molecular formula is C33H38N4O4. The molecule has 4 aromatic rings. The third kappa shape index (κ3) is 6.66. The van der Waals surface area contributed by atoms with Crippen LogP contribution in [0.25, 0.3) is 16.5 Å². The molecule has 0 bridgehead atoms. The van der Waals surface area contributed by atoms with E-state index in [0.29, 0.717) is 29.1 Å². The molecule has 1 aliphatic rings. The van der Waals surface area contributed by atoms with Gasteiger partial charge in [0.25, 0.3) is 11.7 Å². The summed E-state index contributed by atoms with van der Waals surface area (Å²) in [6, 6.07) is 20.7. The van der Waals surface area contributed by atoms with Gasteiger partial charge in [0.15, 0.2) is 0 Å². The highest BCUT2D eigenvalue weighted by Crippen LogP contribution is 2.30. The molecule has 214 valence electrons. The molecule has 8 nitrogen and oxygen atoms in total. The Labute approximate surface area is 241 Å². The summed E-state index contributed by atoms with van der Waals surface area (Å²) < 4.78 is 13.4. The van der Waals surface area contributed by atoms with E-state index < -0.39 is 11.7 Å². The Bertz CT molecular complexity index is 1530. The minimum atomic E-state index is -0.721. The number of amides is 1. The van der Waals surface area contributed by atoms with Gasteiger partial charge in [-0.15, -0.1) is 0 Å². The first-order chi connectivity index (χ1) is 19.7. The summed E-state index contributed by atoms with van der Waals surface area (Å²) in [6.45, 7) is 12.9. The van der Waals surface area contributed by atoms with Crippen molar-refractivity contribution in [3.63, 3.8) is 0 Å². The van der Waals surface area contributed by atoms with E-state index in [1.165, 1.54) is 0 Å². The van der Waals surface area contributed by atoms with E-state index in [-0.39, 0.29) is 5.41 Å². The van der Waals surface area contributed by atoms with Crippen molar-refractivity contribution >= 4 is 28.3 Å². The molecule has 3 aromatic carbocycles. The van der Waals surface area contributed by atoms with Gasteiger partial charge in [0.05, 0.1) is 18.0 Å². The Morgan fingerprint density at radius 1 is 0.976 bits per heavy atom. The number of nitrogens with one attached hydrogen (secondary N) is 1. The predicted molar refractivity (Wildman–Crippen MR) is 161 cm³/mol. The van der Waals surface area contributed by atoms with Crippen molar-refractivity contribution in [1.82, 2.24) is 14.7 Å². The number of anilines is 1. The van der Waals surface area contributed by atoms with E-state index in [4.69, 9.17) is 14.6 Å². The summed E-state index contributed by atoms with van der Waals surface area (Å²) in [5.41, 5.74) is 2.81. The summed E-state index contributed by atoms with van der Waals surface area (Å²) >= 11 is 0. The highest BCUT2D eigenvalue weighted by molar-refractivity contribution is 6.48. The first kappa shape index (κ1) is 28.5. The van der Waals surface area contributed by atoms with Crippen LogP contribution in [0, 0.1) is 6.92 Å². The van der Waals surface area contributed by atoms with Gasteiger partial charge in [-0.25, -0.2) is 4.68 Å². The minimum absolute atomic E-state index is 0.244. The van der Waals surface area contributed by atoms with Gasteiger partial charge in [-0.2, -0.15) is 5.10 Å². The Hall–Kier alpha value is -4.01. The van der Waals surface area contributed by atoms with Crippen molar-refractivity contribution in [2.75, 3.05) is 44.8 Å². The second kappa shape index (κ2) is 12.2. The van der Waals surface area contributed by atoms with E-state index >= 15 is 0 Å². The number of benzene rings is 3. The van der Waals surface area contributed by atoms with E-state index in [0.717, 1.165) is 61.6 Å². The monoisotopic (exact) mass is 554 g/mol. The molecule has 0 saturated carbocycles. The number of fused-ring (bicyclic) bond motifs is 1. The number of carbonyl (C=O) groups is 2. The number of rotatable bonds is 8. The number of aryl methyl sites for hydroxylation is 1. The smallest absolute Gasteiger partial charge is 0.297 e. The summed E-state index contributed by atoms with van der Waals surface area (Å²) in [5.74, 6) is -0.205. The largest absolute Gasteiger partial charge is 0.492 e. The van der Waals surface area contributed by atoms with Crippen molar-refractivity contribution < 1.29 is 19.1 Å². The zero-order valence-corrected chi connectivity index (χ0v) is 24.3. The Balaban J connectivity index is 1.36. The molecule has 41 heavy (non-hydrogen) atoms. The molecule has 1 fully saturated rings. The van der Waals surface area contributed by atoms with Gasteiger partial charge in [-0.05, 0) is 43.0 Å². The average Bonchev–Trinajstić information content (AvgIpc) is 3.21. The number of ketones is 1. The maximum Gasteiger partial charge on any atom is 0.297 e. The van der Waals surface area contributed by atoms with Crippen LogP contribution in [0.3, 0.4) is 0 Å². The lowest BCUT2D eigenvalue weighted by Crippen LogP contribution is -2.30. The maximum atomic E-state index is 13.5. The van der Waals surface area contributed by atoms with Crippen LogP contribution in [0.5, 0.6) is 5.75 Å². The average molecular weight is 555 g/mol. The molecule has 0 unspecified atom stereocenters. The highest BCUT2D eigenvalue weighted by atomic mass is 16.5. The summed E-state index contributed by atoms with van der Waals surface area (Å²) in [5, 5.41) is 9.07. The number of nitrogens with zero attached hydrogens (tertiary/aromatic N) is 3. The fraction of sp³-hybridized carbons (Fsp3) is 0.364. The molecule has 0 aliphatic carbocycles. The lowest BCUT2D eigenvalue weighted by Gasteiger charge is -2.19. The number of carbonyl (C=O) groups excluding carboxylic acids is 2. The van der Waals surface area contributed by atoms with E-state index in [1.807, 2.05) is 61.5 Å². The Morgan fingerprint density at radius 2 is 1.73 bits per heavy atom. The van der Waals surface area contributed by atoms with Gasteiger partial charge in [-0.3, -0.25) is 14.5 Å². The van der Waals surface area contributed by atoms with E-state index in [2.05, 4.69) is 31.0 Å². The lowest BCUT2D eigenvalue weighted by atomic mass is 9.92. The Kier molecular flexibility index (Phi) is 8.52. The molecule has 1 aromatic heterocycles. The van der Waals surface area contributed by atoms with Crippen LogP contribution in [0.2, 0.25) is 0 Å². The topological polar surface area (TPSA) is 85.7 Å². The number of ether oxygens (including phenoxy) is 2. The molecule has 1 N–H and O–H groups in total. The van der Waals surface area contributed by atoms with Gasteiger partial charge >= 0.3 is 0 Å². The van der Waals surface area contributed by atoms with Crippen LogP contribution >= 0.6 is 0 Å². The molecule has 1 aliphatic heterocycles. The van der Waals surface area contributed by atoms with Crippen LogP contribution in [-0.4, -0.2) is 65.8 Å². The van der Waals surface area contributed by atoms with Crippen LogP contribution in [0.1, 0.15) is 48.8 Å². The first-order valence-corrected chi connectivity index (χ1v) is 14.2. The van der Waals surface area contributed by atoms with Crippen molar-refractivity contribution in [2.45, 2.75) is 39.5 Å². The maximum absolute atomic E-state index is 13.5. The van der Waals surface area contributed by atoms with E-state index in [9.17, 15) is 9.59 Å². The predicted octanol–water partition coefficient (Wildman–Crippen LogP) is 5.55. The number of Topliss-reactive ketones (excluding diaryl/α,β-unsaturated/α-hetero) is 1. The minimum Gasteiger partial charge on any atom is -0.492 e. The third-order valence-corrected chi connectivity index (χ3v) is 7.31. The number of hydrogen-bond donors (Lipinski definition) is 1. The number of hydrogen-bond acceptors (Lipinski definition) is 6. The molecule has 2 heterocycles. The van der Waals surface area contributed by atoms with Crippen molar-refractivity contribution in [1.29, 1.82) is 0 Å². The van der Waals surface area contributed by atoms with Crippen molar-refractivity contribution in [3.05, 3.63) is 83.6 Å². The zero-order valence-electron chi connectivity index (χ0n) is 24.3. The normalized spacial score (nSPS) is 14.5. The van der Waals surface area contributed by atoms with Crippen LogP contribution in [0.15, 0.2) is 66.7 Å². The third-order valence-electron chi connectivity index (χ3n) is 7.31. The van der Waals surface area contributed by atoms with Gasteiger partial charge in [0.1, 0.15) is 18.2 Å². The van der Waals surface area contributed by atoms with Gasteiger partial charge in [-0.1, -0.05) is 62.7 Å². The van der Waals surface area contributed by atoms with Crippen LogP contribution < -0.4 is 10.1 Å². The zero-order chi connectivity index (χ0) is 29.0. The van der Waals surface area contributed by atoms with Gasteiger partial charge in [0.2, 0.25) is 0 Å². The quantitative estimate of drug-likeness (QED) is 0.227. The summed E-state index contributed by atoms with van der Waals surface area (Å²) in [6.07, 6.45) is 1.02. The summed E-state index contributed by atoms with van der Waals surface area (Å²) in [4.78, 5) is 29.2. The Morgan fingerprint density at radius 3 is 2.49 bits per heavy atom. The lowest BCUT2D eigenvalue weighted by molar-refractivity contribution is -0.112. The molecule has 0 spiro atoms. The second-order valence-corrected chi connectivity index (χ2v) is 11.5. The molecule has 0 radical (unpaired) electrons. The van der Waals surface area contributed by atoms with Gasteiger partial charge < -0.3 is 14.8 Å². The summed E-state index contributed by atoms with van der Waals surface area (Å²) in [7, 11) is 0. The molecule has 5 rings (SSSR count). The molecular weight excluding hydrogens is 516 g/mol. The van der Waals surface area contributed by atoms with Gasteiger partial charge in [0, 0.05) is 48.7 Å². The number of aromatic nitrogens is 2. The molecule has 1 saturated heterocycles. The first-order valence-electron chi connectivity index (χ1n) is 14.2. The standard InChI is InChI=1S/C33H38N4O4/c1-23-10-12-24(13-11-23)37-30(22-29(35-37)33(2,3)4)34-32(39)31(38)27-14-15-28(26-9-6-5-8-25(26)27)41-21-18-36-16-7-19-40-20-17-36/h5-6,8-15,22H,7,16-21H2,1-4H3,(H,34,39). The second-order valence-electron chi connectivity index (χ2n) is 11.5. The molecule has 1 amide bonds. The van der Waals surface area contributed by atoms with Crippen LogP contribution in [-0.2, 0) is 14.9 Å². The molecule has 8 heteroatoms. The highest BCUT2D eigenvalue weighted by Gasteiger charge is 2.25. The fourth-order valence-electron chi connectivity index (χ4n) is 4.92. The van der Waals surface area contributed by atoms with E-state index in [1.54, 1.807) is 16.8 Å². The fourth-order valence-corrected chi connectivity index (χ4v) is 4.92. The molecule has 0 atom stereocenters.